The molecule has 0 atom stereocenters. The number of carbonyl (C=O) groups excluding carboxylic acids is 1. The van der Waals surface area contributed by atoms with E-state index in [2.05, 4.69) is 26.0 Å². The Balaban J connectivity index is 2.00. The quantitative estimate of drug-likeness (QED) is 0.410. The maximum absolute atomic E-state index is 12.5. The van der Waals surface area contributed by atoms with Crippen molar-refractivity contribution >= 4 is 33.6 Å². The van der Waals surface area contributed by atoms with Gasteiger partial charge in [-0.2, -0.15) is 14.0 Å². The molecule has 0 aliphatic heterocycles. The van der Waals surface area contributed by atoms with Gasteiger partial charge in [-0.05, 0) is 42.8 Å². The van der Waals surface area contributed by atoms with E-state index in [-0.39, 0.29) is 5.75 Å². The number of hydrogen-bond donors (Lipinski definition) is 1. The van der Waals surface area contributed by atoms with Gasteiger partial charge in [-0.25, -0.2) is 0 Å². The molecule has 0 spiro atoms. The Kier molecular flexibility index (Phi) is 8.43. The van der Waals surface area contributed by atoms with Gasteiger partial charge in [0.2, 0.25) is 5.91 Å². The second-order valence-electron chi connectivity index (χ2n) is 5.52. The van der Waals surface area contributed by atoms with Gasteiger partial charge in [0.15, 0.2) is 0 Å². The van der Waals surface area contributed by atoms with E-state index >= 15 is 0 Å². The molecule has 0 radical (unpaired) electrons. The first-order valence-electron chi connectivity index (χ1n) is 8.31. The summed E-state index contributed by atoms with van der Waals surface area (Å²) in [7, 11) is 0. The van der Waals surface area contributed by atoms with E-state index in [9.17, 15) is 13.6 Å². The summed E-state index contributed by atoms with van der Waals surface area (Å²) in [5.41, 5.74) is 0.852. The topological polar surface area (TPSA) is 71.3 Å². The number of rotatable bonds is 9. The molecule has 0 saturated heterocycles. The van der Waals surface area contributed by atoms with E-state index in [1.807, 2.05) is 6.07 Å². The summed E-state index contributed by atoms with van der Waals surface area (Å²) in [4.78, 5) is 12.1. The third kappa shape index (κ3) is 7.37. The number of nitrogens with one attached hydrogen (secondary N) is 1. The number of halogens is 3. The highest BCUT2D eigenvalue weighted by molar-refractivity contribution is 9.10. The van der Waals surface area contributed by atoms with Crippen LogP contribution in [0, 0.1) is 11.3 Å². The standard InChI is InChI=1S/C20H17BrF2N2O3/c21-15-7-8-18(28-20(22)23)14(12-15)6-9-19(26)25-16-4-3-5-17(13-16)27-11-2-1-10-24/h3-9,12-13,20H,1-2,11H2,(H,25,26)/b9-6+. The van der Waals surface area contributed by atoms with Crippen LogP contribution in [0.1, 0.15) is 18.4 Å². The fraction of sp³-hybridized carbons (Fsp3) is 0.200. The fourth-order valence-electron chi connectivity index (χ4n) is 2.21. The number of unbranched alkanes of at least 4 members (excludes halogenated alkanes) is 1. The van der Waals surface area contributed by atoms with Crippen LogP contribution in [0.5, 0.6) is 11.5 Å². The highest BCUT2D eigenvalue weighted by Crippen LogP contribution is 2.26. The molecule has 0 aliphatic carbocycles. The van der Waals surface area contributed by atoms with Crippen molar-refractivity contribution in [1.29, 1.82) is 5.26 Å². The first-order valence-corrected chi connectivity index (χ1v) is 9.10. The van der Waals surface area contributed by atoms with Gasteiger partial charge in [0, 0.05) is 34.3 Å². The summed E-state index contributed by atoms with van der Waals surface area (Å²) < 4.78 is 35.6. The first-order chi connectivity index (χ1) is 13.5. The van der Waals surface area contributed by atoms with E-state index in [4.69, 9.17) is 10.00 Å². The summed E-state index contributed by atoms with van der Waals surface area (Å²) in [5, 5.41) is 11.2. The SMILES string of the molecule is N#CCCCOc1cccc(NC(=O)/C=C/c2cc(Br)ccc2OC(F)F)c1. The number of nitriles is 1. The number of hydrogen-bond acceptors (Lipinski definition) is 4. The highest BCUT2D eigenvalue weighted by atomic mass is 79.9. The van der Waals surface area contributed by atoms with Gasteiger partial charge in [0.05, 0.1) is 12.7 Å². The molecule has 0 aromatic heterocycles. The zero-order valence-corrected chi connectivity index (χ0v) is 16.3. The summed E-state index contributed by atoms with van der Waals surface area (Å²) in [6.45, 7) is -2.56. The van der Waals surface area contributed by atoms with Gasteiger partial charge in [-0.1, -0.05) is 22.0 Å². The van der Waals surface area contributed by atoms with Gasteiger partial charge >= 0.3 is 6.61 Å². The Morgan fingerprint density at radius 3 is 2.86 bits per heavy atom. The molecule has 1 amide bonds. The van der Waals surface area contributed by atoms with Crippen molar-refractivity contribution in [2.75, 3.05) is 11.9 Å². The average Bonchev–Trinajstić information content (AvgIpc) is 2.65. The number of alkyl halides is 2. The maximum Gasteiger partial charge on any atom is 0.387 e. The molecule has 0 saturated carbocycles. The van der Waals surface area contributed by atoms with Crippen molar-refractivity contribution in [3.05, 3.63) is 58.6 Å². The van der Waals surface area contributed by atoms with Gasteiger partial charge in [-0.3, -0.25) is 4.79 Å². The lowest BCUT2D eigenvalue weighted by molar-refractivity contribution is -0.111. The second kappa shape index (κ2) is 11.0. The van der Waals surface area contributed by atoms with Crippen molar-refractivity contribution in [2.45, 2.75) is 19.5 Å². The molecule has 1 N–H and O–H groups in total. The van der Waals surface area contributed by atoms with E-state index < -0.39 is 12.5 Å². The van der Waals surface area contributed by atoms with E-state index in [0.717, 1.165) is 0 Å². The molecular formula is C20H17BrF2N2O3. The molecule has 2 rings (SSSR count). The summed E-state index contributed by atoms with van der Waals surface area (Å²) >= 11 is 3.25. The predicted molar refractivity (Wildman–Crippen MR) is 105 cm³/mol. The van der Waals surface area contributed by atoms with E-state index in [0.29, 0.717) is 40.9 Å². The lowest BCUT2D eigenvalue weighted by Crippen LogP contribution is -2.08. The van der Waals surface area contributed by atoms with Crippen LogP contribution < -0.4 is 14.8 Å². The van der Waals surface area contributed by atoms with Crippen LogP contribution in [0.4, 0.5) is 14.5 Å². The molecule has 2 aromatic rings. The second-order valence-corrected chi connectivity index (χ2v) is 6.44. The molecule has 0 heterocycles. The Hall–Kier alpha value is -2.92. The van der Waals surface area contributed by atoms with Gasteiger partial charge in [0.1, 0.15) is 11.5 Å². The van der Waals surface area contributed by atoms with Gasteiger partial charge < -0.3 is 14.8 Å². The van der Waals surface area contributed by atoms with Crippen molar-refractivity contribution in [2.24, 2.45) is 0 Å². The van der Waals surface area contributed by atoms with Crippen LogP contribution in [-0.4, -0.2) is 19.1 Å². The number of benzene rings is 2. The van der Waals surface area contributed by atoms with Crippen molar-refractivity contribution in [3.63, 3.8) is 0 Å². The molecule has 8 heteroatoms. The van der Waals surface area contributed by atoms with Crippen LogP contribution in [0.15, 0.2) is 53.0 Å². The van der Waals surface area contributed by atoms with E-state index in [1.54, 1.807) is 36.4 Å². The summed E-state index contributed by atoms with van der Waals surface area (Å²) in [5.74, 6) is 0.0962. The normalized spacial score (nSPS) is 10.7. The minimum Gasteiger partial charge on any atom is -0.493 e. The minimum atomic E-state index is -2.96. The third-order valence-electron chi connectivity index (χ3n) is 3.41. The van der Waals surface area contributed by atoms with Gasteiger partial charge in [-0.15, -0.1) is 0 Å². The predicted octanol–water partition coefficient (Wildman–Crippen LogP) is 5.38. The molecule has 0 aliphatic rings. The van der Waals surface area contributed by atoms with Crippen LogP contribution in [0.25, 0.3) is 6.08 Å². The lowest BCUT2D eigenvalue weighted by atomic mass is 10.2. The summed E-state index contributed by atoms with van der Waals surface area (Å²) in [6.07, 6.45) is 3.64. The number of amides is 1. The molecule has 28 heavy (non-hydrogen) atoms. The number of anilines is 1. The van der Waals surface area contributed by atoms with Gasteiger partial charge in [0.25, 0.3) is 0 Å². The molecule has 146 valence electrons. The molecule has 2 aromatic carbocycles. The summed E-state index contributed by atoms with van der Waals surface area (Å²) in [6, 6.07) is 13.4. The zero-order chi connectivity index (χ0) is 20.4. The highest BCUT2D eigenvalue weighted by Gasteiger charge is 2.09. The third-order valence-corrected chi connectivity index (χ3v) is 3.90. The Bertz CT molecular complexity index is 882. The molecule has 5 nitrogen and oxygen atoms in total. The number of ether oxygens (including phenoxy) is 2. The van der Waals surface area contributed by atoms with Crippen molar-refractivity contribution in [1.82, 2.24) is 0 Å². The van der Waals surface area contributed by atoms with Crippen molar-refractivity contribution < 1.29 is 23.0 Å². The van der Waals surface area contributed by atoms with Crippen molar-refractivity contribution in [3.8, 4) is 17.6 Å². The smallest absolute Gasteiger partial charge is 0.387 e. The largest absolute Gasteiger partial charge is 0.493 e. The first kappa shape index (κ1) is 21.4. The number of carbonyl (C=O) groups is 1. The van der Waals surface area contributed by atoms with E-state index in [1.165, 1.54) is 18.2 Å². The molecule has 0 unspecified atom stereocenters. The maximum atomic E-state index is 12.5. The van der Waals surface area contributed by atoms with Crippen LogP contribution >= 0.6 is 15.9 Å². The van der Waals surface area contributed by atoms with Crippen LogP contribution in [0.2, 0.25) is 0 Å². The Morgan fingerprint density at radius 1 is 1.29 bits per heavy atom. The Labute approximate surface area is 169 Å². The van der Waals surface area contributed by atoms with Crippen LogP contribution in [-0.2, 0) is 4.79 Å². The Morgan fingerprint density at radius 2 is 2.11 bits per heavy atom. The molecule has 0 bridgehead atoms. The molecule has 0 fully saturated rings. The fourth-order valence-corrected chi connectivity index (χ4v) is 2.59. The number of nitrogens with zero attached hydrogens (tertiary/aromatic N) is 1. The molecular weight excluding hydrogens is 434 g/mol. The monoisotopic (exact) mass is 450 g/mol. The average molecular weight is 451 g/mol. The minimum absolute atomic E-state index is 0.0324. The zero-order valence-electron chi connectivity index (χ0n) is 14.7. The lowest BCUT2D eigenvalue weighted by Gasteiger charge is -2.09. The van der Waals surface area contributed by atoms with Crippen LogP contribution in [0.3, 0.4) is 0 Å².